The Morgan fingerprint density at radius 1 is 0.543 bits per heavy atom. The van der Waals surface area contributed by atoms with Gasteiger partial charge in [0.1, 0.15) is 5.78 Å². The number of hydrogen-bond donors (Lipinski definition) is 1. The van der Waals surface area contributed by atoms with Crippen LogP contribution in [0.15, 0.2) is 0 Å². The molecule has 9 aliphatic rings. The molecule has 3 aliphatic heterocycles. The maximum absolute atomic E-state index is 12.3. The van der Waals surface area contributed by atoms with Crippen LogP contribution in [0.2, 0.25) is 0 Å². The minimum atomic E-state index is 0.250. The number of hydrogen-bond acceptors (Lipinski definition) is 9. The number of fused-ring (bicyclic) bond motifs is 9. The van der Waals surface area contributed by atoms with Crippen molar-refractivity contribution in [1.82, 2.24) is 0 Å². The van der Waals surface area contributed by atoms with E-state index in [1.807, 2.05) is 0 Å². The highest BCUT2D eigenvalue weighted by atomic mass is 16.5. The van der Waals surface area contributed by atoms with E-state index in [0.29, 0.717) is 106 Å². The normalized spacial score (nSPS) is 43.3. The van der Waals surface area contributed by atoms with E-state index in [1.54, 1.807) is 0 Å². The van der Waals surface area contributed by atoms with E-state index in [2.05, 4.69) is 69.2 Å². The number of nitrogens with two attached hydrogens (primary N) is 1. The van der Waals surface area contributed by atoms with Crippen LogP contribution in [0.4, 0.5) is 0 Å². The SMILES string of the molecule is CCC[C@]12C[C@]3(C)C[C@H](C)O[C@@H]3[C@@]1(C)C2.C[C@H]1C[C@@]2(C)C[C@]3(CC(=O)CCCCN)C[C@]3(C)[C@H]2O1.C[C@H]1C[C@@]2(C)C[C@]3(CCCCCCCCCCCCCCCCCOC=O)C[C@]3(C)[C@H]2O1.O=C=O. The molecule has 0 amide bonds. The lowest BCUT2D eigenvalue weighted by Crippen LogP contribution is -2.29. The highest BCUT2D eigenvalue weighted by Gasteiger charge is 2.80. The van der Waals surface area contributed by atoms with Crippen molar-refractivity contribution in [1.29, 1.82) is 0 Å². The number of carbonyl (C=O) groups excluding carboxylic acids is 4. The van der Waals surface area contributed by atoms with Gasteiger partial charge in [-0.3, -0.25) is 9.59 Å². The van der Waals surface area contributed by atoms with Gasteiger partial charge in [0.05, 0.1) is 43.2 Å². The lowest BCUT2D eigenvalue weighted by Gasteiger charge is -2.27. The molecule has 15 atom stereocenters. The second kappa shape index (κ2) is 23.5. The summed E-state index contributed by atoms with van der Waals surface area (Å²) in [5.74, 6) is 0.443. The van der Waals surface area contributed by atoms with Gasteiger partial charge in [-0.25, -0.2) is 0 Å². The maximum atomic E-state index is 12.3. The van der Waals surface area contributed by atoms with Crippen molar-refractivity contribution in [2.24, 2.45) is 54.5 Å². The van der Waals surface area contributed by atoms with E-state index in [9.17, 15) is 9.59 Å². The lowest BCUT2D eigenvalue weighted by molar-refractivity contribution is -0.191. The van der Waals surface area contributed by atoms with E-state index >= 15 is 0 Å². The van der Waals surface area contributed by atoms with Crippen LogP contribution in [-0.2, 0) is 38.1 Å². The Morgan fingerprint density at radius 3 is 1.29 bits per heavy atom. The first-order chi connectivity index (χ1) is 33.2. The van der Waals surface area contributed by atoms with Gasteiger partial charge < -0.3 is 24.7 Å². The van der Waals surface area contributed by atoms with Crippen molar-refractivity contribution in [2.45, 2.75) is 305 Å². The first kappa shape index (κ1) is 57.6. The first-order valence-electron chi connectivity index (χ1n) is 29.4. The van der Waals surface area contributed by atoms with Gasteiger partial charge in [0.2, 0.25) is 0 Å². The quantitative estimate of drug-likeness (QED) is 0.0631. The van der Waals surface area contributed by atoms with Gasteiger partial charge in [-0.2, -0.15) is 9.59 Å². The fraction of sp³-hybridized carbons (Fsp3) is 0.951. The molecule has 0 aromatic heterocycles. The summed E-state index contributed by atoms with van der Waals surface area (Å²) in [6.45, 7) is 25.6. The minimum absolute atomic E-state index is 0.250. The second-order valence-electron chi connectivity index (χ2n) is 27.5. The third-order valence-corrected chi connectivity index (χ3v) is 21.3. The molecule has 402 valence electrons. The van der Waals surface area contributed by atoms with Crippen LogP contribution < -0.4 is 5.73 Å². The summed E-state index contributed by atoms with van der Waals surface area (Å²) < 4.78 is 23.6. The van der Waals surface area contributed by atoms with Crippen LogP contribution >= 0.6 is 0 Å². The van der Waals surface area contributed by atoms with Crippen LogP contribution in [0.25, 0.3) is 0 Å². The molecule has 2 N–H and O–H groups in total. The van der Waals surface area contributed by atoms with E-state index in [1.165, 1.54) is 161 Å². The van der Waals surface area contributed by atoms with Crippen LogP contribution in [0.3, 0.4) is 0 Å². The Morgan fingerprint density at radius 2 is 0.900 bits per heavy atom. The van der Waals surface area contributed by atoms with Crippen LogP contribution in [0.1, 0.15) is 268 Å². The van der Waals surface area contributed by atoms with Crippen molar-refractivity contribution in [3.05, 3.63) is 0 Å². The summed E-state index contributed by atoms with van der Waals surface area (Å²) in [4.78, 5) is 38.6. The Bertz CT molecular complexity index is 1750. The number of rotatable bonds is 27. The Balaban J connectivity index is 0.000000179. The molecule has 0 spiro atoms. The summed E-state index contributed by atoms with van der Waals surface area (Å²) >= 11 is 0. The van der Waals surface area contributed by atoms with E-state index in [-0.39, 0.29) is 17.0 Å². The molecule has 0 aromatic rings. The van der Waals surface area contributed by atoms with Gasteiger partial charge >= 0.3 is 6.15 Å². The van der Waals surface area contributed by atoms with Crippen molar-refractivity contribution < 1.29 is 38.1 Å². The predicted molar refractivity (Wildman–Crippen MR) is 279 cm³/mol. The van der Waals surface area contributed by atoms with Gasteiger partial charge in [-0.1, -0.05) is 145 Å². The summed E-state index contributed by atoms with van der Waals surface area (Å²) in [5.41, 5.74) is 9.63. The third-order valence-electron chi connectivity index (χ3n) is 21.3. The molecule has 3 saturated heterocycles. The minimum Gasteiger partial charge on any atom is -0.468 e. The molecule has 0 aromatic carbocycles. The average molecular weight is 981 g/mol. The molecule has 0 radical (unpaired) electrons. The second-order valence-corrected chi connectivity index (χ2v) is 27.5. The predicted octanol–water partition coefficient (Wildman–Crippen LogP) is 14.6. The largest absolute Gasteiger partial charge is 0.468 e. The molecule has 0 unspecified atom stereocenters. The van der Waals surface area contributed by atoms with Crippen molar-refractivity contribution in [2.75, 3.05) is 13.2 Å². The van der Waals surface area contributed by atoms with E-state index in [0.717, 1.165) is 32.1 Å². The van der Waals surface area contributed by atoms with Crippen molar-refractivity contribution in [3.8, 4) is 0 Å². The molecule has 6 aliphatic carbocycles. The lowest BCUT2D eigenvalue weighted by atomic mass is 9.77. The molecular formula is C61H105NO8. The number of carbonyl (C=O) groups is 2. The van der Waals surface area contributed by atoms with Crippen LogP contribution in [0, 0.1) is 48.7 Å². The summed E-state index contributed by atoms with van der Waals surface area (Å²) in [7, 11) is 0. The average Bonchev–Trinajstić information content (AvgIpc) is 3.95. The molecule has 6 saturated carbocycles. The number of ether oxygens (including phenoxy) is 4. The molecule has 70 heavy (non-hydrogen) atoms. The highest BCUT2D eigenvalue weighted by Crippen LogP contribution is 2.84. The van der Waals surface area contributed by atoms with Gasteiger partial charge in [-0.05, 0) is 150 Å². The van der Waals surface area contributed by atoms with E-state index < -0.39 is 0 Å². The zero-order valence-electron chi connectivity index (χ0n) is 46.7. The molecule has 9 nitrogen and oxygen atoms in total. The molecule has 3 heterocycles. The van der Waals surface area contributed by atoms with Gasteiger partial charge in [0.15, 0.2) is 0 Å². The van der Waals surface area contributed by atoms with Gasteiger partial charge in [0.25, 0.3) is 6.47 Å². The van der Waals surface area contributed by atoms with Crippen molar-refractivity contribution >= 4 is 18.4 Å². The molecule has 9 rings (SSSR count). The van der Waals surface area contributed by atoms with Crippen LogP contribution in [-0.4, -0.2) is 68.2 Å². The highest BCUT2D eigenvalue weighted by molar-refractivity contribution is 5.80. The molecule has 0 bridgehead atoms. The Labute approximate surface area is 427 Å². The Hall–Kier alpha value is -1.64. The zero-order valence-corrected chi connectivity index (χ0v) is 46.7. The summed E-state index contributed by atoms with van der Waals surface area (Å²) in [6, 6.07) is 0. The van der Waals surface area contributed by atoms with Crippen molar-refractivity contribution in [3.63, 3.8) is 0 Å². The molecule has 9 heteroatoms. The fourth-order valence-electron chi connectivity index (χ4n) is 18.7. The van der Waals surface area contributed by atoms with Gasteiger partial charge in [-0.15, -0.1) is 0 Å². The number of unbranched alkanes of at least 4 members (excludes halogenated alkanes) is 15. The topological polar surface area (TPSA) is 131 Å². The van der Waals surface area contributed by atoms with Crippen LogP contribution in [0.5, 0.6) is 0 Å². The number of Topliss-reactive ketones (excluding diaryl/α,β-unsaturated/α-hetero) is 1. The smallest absolute Gasteiger partial charge is 0.373 e. The number of ketones is 1. The van der Waals surface area contributed by atoms with E-state index in [4.69, 9.17) is 34.3 Å². The summed E-state index contributed by atoms with van der Waals surface area (Å²) in [5, 5.41) is 0. The maximum Gasteiger partial charge on any atom is 0.373 e. The molecular weight excluding hydrogens is 875 g/mol. The molecule has 9 fully saturated rings. The third kappa shape index (κ3) is 12.1. The Kier molecular flexibility index (Phi) is 19.3. The van der Waals surface area contributed by atoms with Gasteiger partial charge in [0, 0.05) is 29.1 Å². The summed E-state index contributed by atoms with van der Waals surface area (Å²) in [6.07, 6.45) is 43.1. The monoisotopic (exact) mass is 980 g/mol. The standard InChI is InChI=1S/C29H52O3.C17H29NO2.C14H24O.CO2/c1-25-21-27(2)22-29(23-28(29,3)26(27)32-25)19-17-15-13-11-9-7-5-4-6-8-10-12-14-16-18-20-31-24-30;1-12-8-15(2)10-17(9-13(19)6-4-5-7-18)11-16(17,3)14(15)20-12;1-5-6-14-8-12(3)7-10(2)15-11(12)13(14,4)9-14;2-1-3/h24-26H,4-23H2,1-3H3;12,14H,4-11,18H2,1-3H3;10-11H,5-9H2,1-4H3;/t25-,26-,27-,28+,29+;12-,14-,15-,16+,17+;10-,11-,12-,13+,14+;/m000./s1. The fourth-order valence-corrected chi connectivity index (χ4v) is 18.7. The first-order valence-corrected chi connectivity index (χ1v) is 29.4. The zero-order chi connectivity index (χ0) is 51.1.